The standard InChI is InChI=1S/C48H43F36N5O8/c49-37(50,51)33(38(52,53)54,39(55,56)57)13-23-7-24(14-34(40(58,59)60,41(61,62)63)42(64,65)66)10-27(9-23)17-85-29(90)19-89(22-32(95)96)4-3-87(20-30(91)92)1-2-88(21-31(93)94)5-6-97-86-18-28-11-25(15-35(43(67,68)69,44(70,71)72)45(73,74)75)8-26(12-28)16-36(46(76,77)78,47(79,80)81)48(82,83)84/h7-12,86H,1-6,13-22H2,(H,85,90)(H,91,92)(H,93,94)(H,95,96). The van der Waals surface area contributed by atoms with Crippen LogP contribution in [0, 0.1) is 21.7 Å². The van der Waals surface area contributed by atoms with E-state index in [1.807, 2.05) is 0 Å². The third kappa shape index (κ3) is 20.2. The number of nitrogens with one attached hydrogen (secondary N) is 2. The topological polar surface area (TPSA) is 172 Å². The van der Waals surface area contributed by atoms with Gasteiger partial charge in [-0.1, -0.05) is 36.4 Å². The molecule has 0 aliphatic rings. The number of rotatable bonds is 30. The fraction of sp³-hybridized carbons (Fsp3) is 0.667. The van der Waals surface area contributed by atoms with Gasteiger partial charge in [0.1, 0.15) is 0 Å². The highest BCUT2D eigenvalue weighted by Crippen LogP contribution is 2.65. The van der Waals surface area contributed by atoms with Crippen LogP contribution >= 0.6 is 0 Å². The van der Waals surface area contributed by atoms with E-state index in [-0.39, 0.29) is 24.3 Å². The molecular weight excluding hydrogens is 1460 g/mol. The summed E-state index contributed by atoms with van der Waals surface area (Å²) in [4.78, 5) is 55.1. The van der Waals surface area contributed by atoms with Gasteiger partial charge in [0.15, 0.2) is 0 Å². The van der Waals surface area contributed by atoms with Crippen molar-refractivity contribution in [1.82, 2.24) is 25.5 Å². The highest BCUT2D eigenvalue weighted by Gasteiger charge is 2.86. The molecule has 0 saturated carbocycles. The molecule has 560 valence electrons. The monoisotopic (exact) mass is 1500 g/mol. The molecule has 97 heavy (non-hydrogen) atoms. The molecule has 5 N–H and O–H groups in total. The van der Waals surface area contributed by atoms with Gasteiger partial charge in [-0.05, 0) is 33.4 Å². The second-order valence-corrected chi connectivity index (χ2v) is 21.0. The molecule has 1 amide bonds. The first-order chi connectivity index (χ1) is 43.0. The number of benzene rings is 2. The average molecular weight is 1500 g/mol. The molecule has 2 aromatic rings. The van der Waals surface area contributed by atoms with Crippen molar-refractivity contribution in [3.63, 3.8) is 0 Å². The Labute approximate surface area is 516 Å². The van der Waals surface area contributed by atoms with Gasteiger partial charge in [-0.3, -0.25) is 33.9 Å². The number of carbonyl (C=O) groups excluding carboxylic acids is 1. The Morgan fingerprint density at radius 3 is 0.742 bits per heavy atom. The van der Waals surface area contributed by atoms with Crippen LogP contribution in [0.3, 0.4) is 0 Å². The van der Waals surface area contributed by atoms with Crippen LogP contribution in [0.5, 0.6) is 0 Å². The summed E-state index contributed by atoms with van der Waals surface area (Å²) >= 11 is 0. The lowest BCUT2D eigenvalue weighted by Crippen LogP contribution is -2.61. The van der Waals surface area contributed by atoms with E-state index >= 15 is 0 Å². The third-order valence-electron chi connectivity index (χ3n) is 14.2. The zero-order valence-corrected chi connectivity index (χ0v) is 47.1. The Morgan fingerprint density at radius 2 is 0.505 bits per heavy atom. The number of amides is 1. The van der Waals surface area contributed by atoms with Crippen molar-refractivity contribution >= 4 is 23.8 Å². The van der Waals surface area contributed by atoms with Crippen molar-refractivity contribution in [3.8, 4) is 0 Å². The first kappa shape index (κ1) is 86.7. The lowest BCUT2D eigenvalue weighted by molar-refractivity contribution is -0.428. The molecule has 49 heteroatoms. The Morgan fingerprint density at radius 1 is 0.299 bits per heavy atom. The number of carboxylic acids is 3. The number of hydroxylamine groups is 1. The zero-order chi connectivity index (χ0) is 76.2. The predicted molar refractivity (Wildman–Crippen MR) is 247 cm³/mol. The highest BCUT2D eigenvalue weighted by molar-refractivity contribution is 5.79. The van der Waals surface area contributed by atoms with Gasteiger partial charge in [-0.15, -0.1) is 0 Å². The van der Waals surface area contributed by atoms with Crippen LogP contribution in [0.15, 0.2) is 36.4 Å². The fourth-order valence-electron chi connectivity index (χ4n) is 9.38. The van der Waals surface area contributed by atoms with E-state index in [2.05, 4.69) is 0 Å². The molecule has 0 atom stereocenters. The lowest BCUT2D eigenvalue weighted by atomic mass is 9.76. The van der Waals surface area contributed by atoms with Crippen molar-refractivity contribution in [2.75, 3.05) is 65.5 Å². The third-order valence-corrected chi connectivity index (χ3v) is 14.2. The van der Waals surface area contributed by atoms with Crippen LogP contribution in [0.25, 0.3) is 0 Å². The van der Waals surface area contributed by atoms with Crippen LogP contribution in [-0.2, 0) is 62.8 Å². The normalized spacial score (nSPS) is 14.7. The van der Waals surface area contributed by atoms with E-state index in [9.17, 15) is 193 Å². The van der Waals surface area contributed by atoms with Crippen LogP contribution in [0.4, 0.5) is 158 Å². The van der Waals surface area contributed by atoms with Crippen molar-refractivity contribution in [2.45, 2.75) is 113 Å². The van der Waals surface area contributed by atoms with Gasteiger partial charge in [0.25, 0.3) is 21.7 Å². The maximum Gasteiger partial charge on any atom is 0.412 e. The van der Waals surface area contributed by atoms with E-state index in [1.165, 1.54) is 0 Å². The van der Waals surface area contributed by atoms with Gasteiger partial charge in [0.05, 0.1) is 32.8 Å². The zero-order valence-electron chi connectivity index (χ0n) is 47.1. The van der Waals surface area contributed by atoms with Gasteiger partial charge in [0, 0.05) is 71.5 Å². The van der Waals surface area contributed by atoms with E-state index in [1.54, 1.807) is 10.8 Å². The molecule has 2 aromatic carbocycles. The molecule has 0 saturated heterocycles. The smallest absolute Gasteiger partial charge is 0.412 e. The van der Waals surface area contributed by atoms with Crippen molar-refractivity contribution in [2.24, 2.45) is 21.7 Å². The Balaban J connectivity index is 2.54. The van der Waals surface area contributed by atoms with Crippen LogP contribution in [0.2, 0.25) is 0 Å². The van der Waals surface area contributed by atoms with Gasteiger partial charge in [-0.25, -0.2) is 0 Å². The molecule has 2 rings (SSSR count). The number of alkyl halides is 36. The number of hydrogen-bond donors (Lipinski definition) is 5. The fourth-order valence-corrected chi connectivity index (χ4v) is 9.38. The second kappa shape index (κ2) is 29.8. The minimum Gasteiger partial charge on any atom is -0.480 e. The first-order valence-corrected chi connectivity index (χ1v) is 25.5. The molecule has 0 bridgehead atoms. The van der Waals surface area contributed by atoms with Crippen LogP contribution in [-0.4, -0.2) is 193 Å². The number of nitrogens with zero attached hydrogens (tertiary/aromatic N) is 3. The lowest BCUT2D eigenvalue weighted by Gasteiger charge is -2.39. The Kier molecular flexibility index (Phi) is 26.6. The van der Waals surface area contributed by atoms with E-state index in [4.69, 9.17) is 4.84 Å². The summed E-state index contributed by atoms with van der Waals surface area (Å²) in [7, 11) is 0. The highest BCUT2D eigenvalue weighted by atomic mass is 19.5. The number of carbonyl (C=O) groups is 4. The van der Waals surface area contributed by atoms with E-state index < -0.39 is 269 Å². The van der Waals surface area contributed by atoms with Crippen molar-refractivity contribution < 1.29 is 197 Å². The Bertz CT molecular complexity index is 2700. The summed E-state index contributed by atoms with van der Waals surface area (Å²) < 4.78 is 500. The Hall–Kier alpha value is -6.40. The molecule has 0 aromatic heterocycles. The SMILES string of the molecule is O=C(O)CN(CCONCc1cc(CC(C(F)(F)F)(C(F)(F)F)C(F)(F)F)cc(CC(C(F)(F)F)(C(F)(F)F)C(F)(F)F)c1)CCN(CCN(CC(=O)O)CC(=O)NCc1cc(CC(C(F)(F)F)(C(F)(F)F)C(F)(F)F)cc(CC(C(F)(F)F)(C(F)(F)F)C(F)(F)F)c1)CC(=O)O. The summed E-state index contributed by atoms with van der Waals surface area (Å²) in [5.41, 5.74) is -37.4. The molecule has 0 aliphatic carbocycles. The molecule has 0 unspecified atom stereocenters. The van der Waals surface area contributed by atoms with Crippen LogP contribution in [0.1, 0.15) is 33.4 Å². The van der Waals surface area contributed by atoms with Gasteiger partial charge in [0.2, 0.25) is 5.91 Å². The number of hydrogen-bond acceptors (Lipinski definition) is 9. The maximum absolute atomic E-state index is 13.9. The molecule has 0 spiro atoms. The molecule has 0 radical (unpaired) electrons. The largest absolute Gasteiger partial charge is 0.480 e. The maximum atomic E-state index is 13.9. The average Bonchev–Trinajstić information content (AvgIpc) is 0.743. The van der Waals surface area contributed by atoms with E-state index in [0.717, 1.165) is 9.80 Å². The minimum absolute atomic E-state index is 0.176. The molecule has 0 fully saturated rings. The molecule has 13 nitrogen and oxygen atoms in total. The number of aliphatic carboxylic acids is 3. The summed E-state index contributed by atoms with van der Waals surface area (Å²) in [5.74, 6) is -7.15. The quantitative estimate of drug-likeness (QED) is 0.0285. The second-order valence-electron chi connectivity index (χ2n) is 21.0. The summed E-state index contributed by atoms with van der Waals surface area (Å²) in [6.07, 6.45) is -104. The first-order valence-electron chi connectivity index (χ1n) is 25.5. The number of carboxylic acid groups (broad SMARTS) is 3. The van der Waals surface area contributed by atoms with Crippen LogP contribution < -0.4 is 10.8 Å². The number of halogens is 36. The van der Waals surface area contributed by atoms with Crippen molar-refractivity contribution in [1.29, 1.82) is 0 Å². The summed E-state index contributed by atoms with van der Waals surface area (Å²) in [6.45, 7) is -13.1. The van der Waals surface area contributed by atoms with Gasteiger partial charge < -0.3 is 25.5 Å². The predicted octanol–water partition coefficient (Wildman–Crippen LogP) is 13.0. The minimum atomic E-state index is -7.50. The summed E-state index contributed by atoms with van der Waals surface area (Å²) in [5, 5.41) is 30.0. The molecular formula is C48H43F36N5O8. The van der Waals surface area contributed by atoms with Crippen molar-refractivity contribution in [3.05, 3.63) is 69.8 Å². The van der Waals surface area contributed by atoms with E-state index in [0.29, 0.717) is 4.90 Å². The van der Waals surface area contributed by atoms with Gasteiger partial charge >= 0.3 is 92.0 Å². The van der Waals surface area contributed by atoms with Gasteiger partial charge in [-0.2, -0.15) is 164 Å². The molecule has 0 aliphatic heterocycles. The summed E-state index contributed by atoms with van der Waals surface area (Å²) in [6, 6.07) is -2.26. The molecule has 0 heterocycles.